The Morgan fingerprint density at radius 2 is 2.11 bits per heavy atom. The maximum Gasteiger partial charge on any atom is 0.290 e. The van der Waals surface area contributed by atoms with E-state index in [0.717, 1.165) is 24.2 Å². The second kappa shape index (κ2) is 7.51. The first-order valence-electron chi connectivity index (χ1n) is 9.23. The first-order valence-corrected chi connectivity index (χ1v) is 9.61. The van der Waals surface area contributed by atoms with Crippen molar-refractivity contribution in [1.82, 2.24) is 0 Å². The second-order valence-corrected chi connectivity index (χ2v) is 8.15. The van der Waals surface area contributed by atoms with Crippen LogP contribution in [0.15, 0.2) is 35.3 Å². The van der Waals surface area contributed by atoms with Gasteiger partial charge in [0.2, 0.25) is 0 Å². The zero-order chi connectivity index (χ0) is 20.6. The minimum atomic E-state index is -0.566. The van der Waals surface area contributed by atoms with Crippen molar-refractivity contribution < 1.29 is 9.31 Å². The van der Waals surface area contributed by atoms with E-state index in [-0.39, 0.29) is 28.0 Å². The molecule has 1 heterocycles. The van der Waals surface area contributed by atoms with Gasteiger partial charge in [0, 0.05) is 35.6 Å². The van der Waals surface area contributed by atoms with Crippen LogP contribution in [0.2, 0.25) is 5.02 Å². The zero-order valence-electron chi connectivity index (χ0n) is 16.4. The van der Waals surface area contributed by atoms with Gasteiger partial charge < -0.3 is 4.90 Å². The number of nitrogens with zero attached hydrogens (tertiary/aromatic N) is 3. The van der Waals surface area contributed by atoms with Crippen LogP contribution < -0.4 is 4.90 Å². The summed E-state index contributed by atoms with van der Waals surface area (Å²) in [7, 11) is 0. The highest BCUT2D eigenvalue weighted by Crippen LogP contribution is 2.43. The van der Waals surface area contributed by atoms with Crippen LogP contribution in [0.1, 0.15) is 51.2 Å². The molecule has 28 heavy (non-hydrogen) atoms. The summed E-state index contributed by atoms with van der Waals surface area (Å²) in [6.07, 6.45) is 2.38. The van der Waals surface area contributed by atoms with Gasteiger partial charge in [-0.05, 0) is 62.9 Å². The van der Waals surface area contributed by atoms with Crippen molar-refractivity contribution in [3.05, 3.63) is 62.4 Å². The van der Waals surface area contributed by atoms with Crippen LogP contribution in [-0.4, -0.2) is 23.2 Å². The molecular weight excluding hydrogens is 381 g/mol. The fourth-order valence-corrected chi connectivity index (χ4v) is 4.27. The Bertz CT molecular complexity index is 959. The third-order valence-electron chi connectivity index (χ3n) is 5.30. The molecule has 1 atom stereocenters. The van der Waals surface area contributed by atoms with E-state index >= 15 is 0 Å². The van der Waals surface area contributed by atoms with Crippen molar-refractivity contribution in [2.45, 2.75) is 45.6 Å². The third kappa shape index (κ3) is 3.74. The summed E-state index contributed by atoms with van der Waals surface area (Å²) in [5.41, 5.74) is 2.45. The standard InChI is InChI=1S/C21H23ClFN3O2/c1-5-25-19-10-18(23)14(8-16(19)13(2)11-21(25,3)4)12-24-15-6-7-17(22)20(9-15)26(27)28/h6-10,12-13H,5,11H2,1-4H3. The average molecular weight is 404 g/mol. The molecule has 0 aromatic heterocycles. The Kier molecular flexibility index (Phi) is 5.44. The van der Waals surface area contributed by atoms with Crippen LogP contribution in [0.4, 0.5) is 21.5 Å². The third-order valence-corrected chi connectivity index (χ3v) is 5.62. The van der Waals surface area contributed by atoms with Gasteiger partial charge in [0.1, 0.15) is 10.8 Å². The molecule has 2 aromatic rings. The van der Waals surface area contributed by atoms with Gasteiger partial charge in [0.15, 0.2) is 0 Å². The summed E-state index contributed by atoms with van der Waals surface area (Å²) < 4.78 is 14.8. The van der Waals surface area contributed by atoms with Crippen LogP contribution in [0.5, 0.6) is 0 Å². The quantitative estimate of drug-likeness (QED) is 0.344. The van der Waals surface area contributed by atoms with E-state index in [0.29, 0.717) is 11.3 Å². The predicted octanol–water partition coefficient (Wildman–Crippen LogP) is 6.25. The average Bonchev–Trinajstić information content (AvgIpc) is 2.60. The number of hydrogen-bond acceptors (Lipinski definition) is 4. The van der Waals surface area contributed by atoms with Crippen LogP contribution in [-0.2, 0) is 0 Å². The summed E-state index contributed by atoms with van der Waals surface area (Å²) in [6, 6.07) is 7.66. The number of hydrogen-bond donors (Lipinski definition) is 0. The highest BCUT2D eigenvalue weighted by molar-refractivity contribution is 6.32. The molecule has 0 aliphatic carbocycles. The van der Waals surface area contributed by atoms with Gasteiger partial charge >= 0.3 is 0 Å². The van der Waals surface area contributed by atoms with E-state index in [1.165, 1.54) is 18.3 Å². The van der Waals surface area contributed by atoms with E-state index < -0.39 is 4.92 Å². The fourth-order valence-electron chi connectivity index (χ4n) is 4.08. The first kappa shape index (κ1) is 20.3. The number of rotatable bonds is 4. The highest BCUT2D eigenvalue weighted by Gasteiger charge is 2.36. The van der Waals surface area contributed by atoms with E-state index in [1.807, 2.05) is 6.07 Å². The van der Waals surface area contributed by atoms with Crippen molar-refractivity contribution in [1.29, 1.82) is 0 Å². The van der Waals surface area contributed by atoms with Crippen molar-refractivity contribution in [3.8, 4) is 0 Å². The maximum atomic E-state index is 14.8. The second-order valence-electron chi connectivity index (χ2n) is 7.75. The zero-order valence-corrected chi connectivity index (χ0v) is 17.1. The van der Waals surface area contributed by atoms with Gasteiger partial charge in [-0.3, -0.25) is 15.1 Å². The summed E-state index contributed by atoms with van der Waals surface area (Å²) in [4.78, 5) is 16.9. The highest BCUT2D eigenvalue weighted by atomic mass is 35.5. The first-order chi connectivity index (χ1) is 13.1. The molecule has 1 aliphatic heterocycles. The predicted molar refractivity (Wildman–Crippen MR) is 112 cm³/mol. The van der Waals surface area contributed by atoms with Crippen LogP contribution in [0.25, 0.3) is 0 Å². The van der Waals surface area contributed by atoms with Gasteiger partial charge in [0.25, 0.3) is 5.69 Å². The Balaban J connectivity index is 1.99. The fraction of sp³-hybridized carbons (Fsp3) is 0.381. The molecular formula is C21H23ClFN3O2. The molecule has 7 heteroatoms. The summed E-state index contributed by atoms with van der Waals surface area (Å²) in [5.74, 6) is -0.0773. The minimum Gasteiger partial charge on any atom is -0.366 e. The van der Waals surface area contributed by atoms with E-state index in [4.69, 9.17) is 11.6 Å². The van der Waals surface area contributed by atoms with Gasteiger partial charge in [-0.25, -0.2) is 4.39 Å². The number of aliphatic imine (C=N–C) groups is 1. The molecule has 0 saturated heterocycles. The van der Waals surface area contributed by atoms with Gasteiger partial charge in [-0.1, -0.05) is 18.5 Å². The van der Waals surface area contributed by atoms with Gasteiger partial charge in [0.05, 0.1) is 10.6 Å². The smallest absolute Gasteiger partial charge is 0.290 e. The molecule has 5 nitrogen and oxygen atoms in total. The Hall–Kier alpha value is -2.47. The SMILES string of the molecule is CCN1c2cc(F)c(C=Nc3ccc(Cl)c([N+](=O)[O-])c3)cc2C(C)CC1(C)C. The lowest BCUT2D eigenvalue weighted by Crippen LogP contribution is -2.48. The Morgan fingerprint density at radius 3 is 2.75 bits per heavy atom. The number of benzene rings is 2. The minimum absolute atomic E-state index is 0.0363. The van der Waals surface area contributed by atoms with Gasteiger partial charge in [-0.2, -0.15) is 0 Å². The van der Waals surface area contributed by atoms with Crippen LogP contribution in [0.3, 0.4) is 0 Å². The van der Waals surface area contributed by atoms with E-state index in [9.17, 15) is 14.5 Å². The number of fused-ring (bicyclic) bond motifs is 1. The normalized spacial score (nSPS) is 18.4. The van der Waals surface area contributed by atoms with E-state index in [1.54, 1.807) is 12.1 Å². The lowest BCUT2D eigenvalue weighted by molar-refractivity contribution is -0.384. The summed E-state index contributed by atoms with van der Waals surface area (Å²) >= 11 is 5.82. The van der Waals surface area contributed by atoms with E-state index in [2.05, 4.69) is 37.6 Å². The molecule has 0 saturated carbocycles. The largest absolute Gasteiger partial charge is 0.366 e. The number of anilines is 1. The molecule has 0 spiro atoms. The molecule has 0 bridgehead atoms. The molecule has 3 rings (SSSR count). The van der Waals surface area contributed by atoms with Crippen molar-refractivity contribution >= 4 is 34.9 Å². The summed E-state index contributed by atoms with van der Waals surface area (Å²) in [6.45, 7) is 9.37. The molecule has 2 aromatic carbocycles. The van der Waals surface area contributed by atoms with Crippen molar-refractivity contribution in [2.75, 3.05) is 11.4 Å². The topological polar surface area (TPSA) is 58.7 Å². The Morgan fingerprint density at radius 1 is 1.39 bits per heavy atom. The number of nitro benzene ring substituents is 1. The number of halogens is 2. The molecule has 0 radical (unpaired) electrons. The molecule has 148 valence electrons. The monoisotopic (exact) mass is 403 g/mol. The van der Waals surface area contributed by atoms with Crippen molar-refractivity contribution in [3.63, 3.8) is 0 Å². The van der Waals surface area contributed by atoms with Crippen LogP contribution in [0, 0.1) is 15.9 Å². The van der Waals surface area contributed by atoms with Crippen LogP contribution >= 0.6 is 11.6 Å². The molecule has 0 fully saturated rings. The molecule has 1 unspecified atom stereocenters. The maximum absolute atomic E-state index is 14.8. The molecule has 0 amide bonds. The molecule has 1 aliphatic rings. The lowest BCUT2D eigenvalue weighted by atomic mass is 9.79. The van der Waals surface area contributed by atoms with Gasteiger partial charge in [-0.15, -0.1) is 0 Å². The lowest BCUT2D eigenvalue weighted by Gasteiger charge is -2.47. The summed E-state index contributed by atoms with van der Waals surface area (Å²) in [5, 5.41) is 11.1. The molecule has 0 N–H and O–H groups in total. The van der Waals surface area contributed by atoms with Crippen molar-refractivity contribution in [2.24, 2.45) is 4.99 Å². The number of nitro groups is 1. The Labute approximate surface area is 169 Å².